The van der Waals surface area contributed by atoms with E-state index in [4.69, 9.17) is 0 Å². The van der Waals surface area contributed by atoms with Crippen molar-refractivity contribution in [1.29, 1.82) is 0 Å². The van der Waals surface area contributed by atoms with Crippen molar-refractivity contribution in [2.75, 3.05) is 0 Å². The van der Waals surface area contributed by atoms with Gasteiger partial charge in [-0.3, -0.25) is 4.68 Å². The number of pyridine rings is 1. The van der Waals surface area contributed by atoms with Crippen molar-refractivity contribution < 1.29 is 17.2 Å². The van der Waals surface area contributed by atoms with Gasteiger partial charge in [-0.05, 0) is 58.7 Å². The number of aromatic nitrogens is 4. The van der Waals surface area contributed by atoms with Crippen LogP contribution in [0.4, 0.5) is 8.78 Å². The van der Waals surface area contributed by atoms with Crippen LogP contribution in [0, 0.1) is 18.6 Å². The zero-order chi connectivity index (χ0) is 24.0. The highest BCUT2D eigenvalue weighted by molar-refractivity contribution is 9.10. The Balaban J connectivity index is 1.59. The Morgan fingerprint density at radius 2 is 1.74 bits per heavy atom. The minimum atomic E-state index is -3.90. The summed E-state index contributed by atoms with van der Waals surface area (Å²) in [5.41, 5.74) is 3.06. The lowest BCUT2D eigenvalue weighted by Crippen LogP contribution is -2.12. The molecular weight excluding hydrogens is 526 g/mol. The third-order valence-electron chi connectivity index (χ3n) is 5.43. The van der Waals surface area contributed by atoms with Crippen molar-refractivity contribution >= 4 is 37.0 Å². The molecule has 0 saturated carbocycles. The van der Waals surface area contributed by atoms with E-state index in [1.54, 1.807) is 53.6 Å². The molecule has 0 atom stereocenters. The summed E-state index contributed by atoms with van der Waals surface area (Å²) in [5, 5.41) is 4.94. The first-order valence-corrected chi connectivity index (χ1v) is 12.4. The van der Waals surface area contributed by atoms with E-state index in [9.17, 15) is 17.2 Å². The normalized spacial score (nSPS) is 11.9. The van der Waals surface area contributed by atoms with Gasteiger partial charge in [0.05, 0.1) is 17.6 Å². The molecule has 0 unspecified atom stereocenters. The molecule has 0 spiro atoms. The Morgan fingerprint density at radius 1 is 0.971 bits per heavy atom. The molecule has 6 nitrogen and oxygen atoms in total. The van der Waals surface area contributed by atoms with E-state index in [1.807, 2.05) is 6.92 Å². The summed E-state index contributed by atoms with van der Waals surface area (Å²) in [7, 11) is -3.90. The fourth-order valence-corrected chi connectivity index (χ4v) is 5.36. The van der Waals surface area contributed by atoms with Gasteiger partial charge in [-0.25, -0.2) is 26.2 Å². The second-order valence-corrected chi connectivity index (χ2v) is 10.6. The lowest BCUT2D eigenvalue weighted by Gasteiger charge is -2.07. The first-order chi connectivity index (χ1) is 16.2. The number of nitrogens with zero attached hydrogens (tertiary/aromatic N) is 4. The number of aryl methyl sites for hydroxylation is 1. The van der Waals surface area contributed by atoms with Crippen molar-refractivity contribution in [3.05, 3.63) is 101 Å². The molecule has 0 saturated heterocycles. The average Bonchev–Trinajstić information content (AvgIpc) is 3.41. The summed E-state index contributed by atoms with van der Waals surface area (Å²) in [4.78, 5) is 4.51. The first kappa shape index (κ1) is 22.4. The van der Waals surface area contributed by atoms with E-state index in [0.29, 0.717) is 26.5 Å². The standard InChI is InChI=1S/C24H17BrF2N4O2S/c1-15-2-5-19(6-3-15)34(32,33)31-14-21(20-9-18(25)11-28-24(20)31)17-10-29-30(13-17)12-16-4-7-22(26)23(27)8-16/h2-11,13-14H,12H2,1H3. The van der Waals surface area contributed by atoms with Gasteiger partial charge >= 0.3 is 0 Å². The molecule has 0 bridgehead atoms. The van der Waals surface area contributed by atoms with Crippen LogP contribution in [0.2, 0.25) is 0 Å². The molecule has 5 rings (SSSR count). The third kappa shape index (κ3) is 4.03. The van der Waals surface area contributed by atoms with Crippen LogP contribution in [0.15, 0.2) is 82.7 Å². The van der Waals surface area contributed by atoms with Crippen LogP contribution < -0.4 is 0 Å². The van der Waals surface area contributed by atoms with Gasteiger partial charge in [0.2, 0.25) is 0 Å². The lowest BCUT2D eigenvalue weighted by molar-refractivity contribution is 0.506. The highest BCUT2D eigenvalue weighted by Gasteiger charge is 2.23. The van der Waals surface area contributed by atoms with Gasteiger partial charge in [0, 0.05) is 39.6 Å². The molecule has 172 valence electrons. The van der Waals surface area contributed by atoms with Crippen LogP contribution in [0.1, 0.15) is 11.1 Å². The SMILES string of the molecule is Cc1ccc(S(=O)(=O)n2cc(-c3cnn(Cc4ccc(F)c(F)c4)c3)c3cc(Br)cnc32)cc1. The molecule has 0 amide bonds. The summed E-state index contributed by atoms with van der Waals surface area (Å²) in [6, 6.07) is 12.1. The molecule has 5 aromatic rings. The van der Waals surface area contributed by atoms with Crippen molar-refractivity contribution in [3.63, 3.8) is 0 Å². The molecule has 34 heavy (non-hydrogen) atoms. The molecule has 3 heterocycles. The molecule has 0 N–H and O–H groups in total. The van der Waals surface area contributed by atoms with E-state index >= 15 is 0 Å². The molecule has 0 aliphatic carbocycles. The summed E-state index contributed by atoms with van der Waals surface area (Å²) in [6.45, 7) is 2.11. The van der Waals surface area contributed by atoms with E-state index in [1.165, 1.54) is 16.2 Å². The van der Waals surface area contributed by atoms with Gasteiger partial charge in [-0.15, -0.1) is 0 Å². The van der Waals surface area contributed by atoms with Crippen LogP contribution in [0.25, 0.3) is 22.2 Å². The maximum atomic E-state index is 13.6. The number of benzene rings is 2. The first-order valence-electron chi connectivity index (χ1n) is 10.2. The maximum absolute atomic E-state index is 13.6. The van der Waals surface area contributed by atoms with Crippen LogP contribution in [0.3, 0.4) is 0 Å². The van der Waals surface area contributed by atoms with Crippen molar-refractivity contribution in [3.8, 4) is 11.1 Å². The largest absolute Gasteiger partial charge is 0.269 e. The Morgan fingerprint density at radius 3 is 2.47 bits per heavy atom. The van der Waals surface area contributed by atoms with E-state index in [0.717, 1.165) is 17.7 Å². The highest BCUT2D eigenvalue weighted by atomic mass is 79.9. The topological polar surface area (TPSA) is 69.8 Å². The fraction of sp³-hybridized carbons (Fsp3) is 0.0833. The summed E-state index contributed by atoms with van der Waals surface area (Å²) >= 11 is 3.41. The zero-order valence-electron chi connectivity index (χ0n) is 17.8. The molecular formula is C24H17BrF2N4O2S. The van der Waals surface area contributed by atoms with E-state index in [-0.39, 0.29) is 17.1 Å². The predicted octanol–water partition coefficient (Wildman–Crippen LogP) is 5.53. The van der Waals surface area contributed by atoms with Gasteiger partial charge in [-0.1, -0.05) is 23.8 Å². The molecule has 3 aromatic heterocycles. The monoisotopic (exact) mass is 542 g/mol. The number of fused-ring (bicyclic) bond motifs is 1. The molecule has 0 aliphatic rings. The molecule has 2 aromatic carbocycles. The number of hydrogen-bond donors (Lipinski definition) is 0. The lowest BCUT2D eigenvalue weighted by atomic mass is 10.1. The molecule has 10 heteroatoms. The van der Waals surface area contributed by atoms with Crippen LogP contribution >= 0.6 is 15.9 Å². The fourth-order valence-electron chi connectivity index (χ4n) is 3.71. The van der Waals surface area contributed by atoms with Gasteiger partial charge < -0.3 is 0 Å². The summed E-state index contributed by atoms with van der Waals surface area (Å²) < 4.78 is 57.1. The minimum Gasteiger partial charge on any atom is -0.268 e. The predicted molar refractivity (Wildman–Crippen MR) is 128 cm³/mol. The average molecular weight is 543 g/mol. The van der Waals surface area contributed by atoms with E-state index < -0.39 is 21.7 Å². The quantitative estimate of drug-likeness (QED) is 0.292. The Labute approximate surface area is 202 Å². The van der Waals surface area contributed by atoms with Gasteiger partial charge in [0.15, 0.2) is 17.3 Å². The third-order valence-corrected chi connectivity index (χ3v) is 7.53. The van der Waals surface area contributed by atoms with Crippen molar-refractivity contribution in [1.82, 2.24) is 18.7 Å². The Hall–Kier alpha value is -3.37. The highest BCUT2D eigenvalue weighted by Crippen LogP contribution is 2.33. The maximum Gasteiger partial charge on any atom is 0.269 e. The van der Waals surface area contributed by atoms with Crippen LogP contribution in [-0.2, 0) is 16.6 Å². The molecule has 0 radical (unpaired) electrons. The Kier molecular flexibility index (Phi) is 5.57. The van der Waals surface area contributed by atoms with E-state index in [2.05, 4.69) is 26.0 Å². The second-order valence-electron chi connectivity index (χ2n) is 7.86. The molecule has 0 aliphatic heterocycles. The smallest absolute Gasteiger partial charge is 0.268 e. The van der Waals surface area contributed by atoms with Crippen molar-refractivity contribution in [2.24, 2.45) is 0 Å². The summed E-state index contributed by atoms with van der Waals surface area (Å²) in [5.74, 6) is -1.84. The van der Waals surface area contributed by atoms with Gasteiger partial charge in [0.1, 0.15) is 0 Å². The number of halogens is 3. The number of hydrogen-bond acceptors (Lipinski definition) is 4. The minimum absolute atomic E-state index is 0.153. The van der Waals surface area contributed by atoms with Gasteiger partial charge in [0.25, 0.3) is 10.0 Å². The van der Waals surface area contributed by atoms with Gasteiger partial charge in [-0.2, -0.15) is 5.10 Å². The van der Waals surface area contributed by atoms with Crippen molar-refractivity contribution in [2.45, 2.75) is 18.4 Å². The Bertz CT molecular complexity index is 1640. The van der Waals surface area contributed by atoms with Crippen LogP contribution in [0.5, 0.6) is 0 Å². The molecule has 0 fully saturated rings. The zero-order valence-corrected chi connectivity index (χ0v) is 20.2. The van der Waals surface area contributed by atoms with Crippen LogP contribution in [-0.4, -0.2) is 27.2 Å². The summed E-state index contributed by atoms with van der Waals surface area (Å²) in [6.07, 6.45) is 6.39. The second kappa shape index (κ2) is 8.44. The number of rotatable bonds is 5.